The Morgan fingerprint density at radius 3 is 2.68 bits per heavy atom. The van der Waals surface area contributed by atoms with E-state index in [1.54, 1.807) is 0 Å². The smallest absolute Gasteiger partial charge is 0.151 e. The zero-order valence-electron chi connectivity index (χ0n) is 10.6. The quantitative estimate of drug-likeness (QED) is 0.796. The molecule has 19 heavy (non-hydrogen) atoms. The van der Waals surface area contributed by atoms with Crippen LogP contribution in [-0.2, 0) is 21.2 Å². The van der Waals surface area contributed by atoms with Gasteiger partial charge in [-0.05, 0) is 24.1 Å². The fraction of sp³-hybridized carbons (Fsp3) is 0.538. The standard InChI is InChI=1S/C13H18BrNO3S/c14-12-3-1-11(2-4-12)9-18-7-6-15-13-5-8-19(16,17)10-13/h1-4,13,15H,5-10H2. The third-order valence-electron chi connectivity index (χ3n) is 3.09. The predicted molar refractivity (Wildman–Crippen MR) is 78.9 cm³/mol. The van der Waals surface area contributed by atoms with Crippen LogP contribution in [0.1, 0.15) is 12.0 Å². The molecule has 0 aliphatic carbocycles. The van der Waals surface area contributed by atoms with Gasteiger partial charge >= 0.3 is 0 Å². The number of hydrogen-bond donors (Lipinski definition) is 1. The molecule has 1 aromatic rings. The predicted octanol–water partition coefficient (Wildman–Crippen LogP) is 1.74. The molecule has 4 nitrogen and oxygen atoms in total. The van der Waals surface area contributed by atoms with Gasteiger partial charge in [-0.2, -0.15) is 0 Å². The first-order chi connectivity index (χ1) is 9.05. The average molecular weight is 348 g/mol. The molecule has 1 saturated heterocycles. The molecule has 0 amide bonds. The summed E-state index contributed by atoms with van der Waals surface area (Å²) in [4.78, 5) is 0. The maximum absolute atomic E-state index is 11.3. The molecule has 1 aromatic carbocycles. The van der Waals surface area contributed by atoms with E-state index in [0.29, 0.717) is 25.5 Å². The van der Waals surface area contributed by atoms with E-state index in [4.69, 9.17) is 4.74 Å². The van der Waals surface area contributed by atoms with Gasteiger partial charge in [0.2, 0.25) is 0 Å². The lowest BCUT2D eigenvalue weighted by Gasteiger charge is -2.10. The molecule has 1 aliphatic rings. The van der Waals surface area contributed by atoms with Crippen molar-refractivity contribution in [1.29, 1.82) is 0 Å². The Hall–Kier alpha value is -0.430. The molecule has 0 saturated carbocycles. The molecule has 6 heteroatoms. The summed E-state index contributed by atoms with van der Waals surface area (Å²) in [5, 5.41) is 3.22. The van der Waals surface area contributed by atoms with Crippen molar-refractivity contribution in [1.82, 2.24) is 5.32 Å². The van der Waals surface area contributed by atoms with Crippen LogP contribution >= 0.6 is 15.9 Å². The van der Waals surface area contributed by atoms with E-state index in [0.717, 1.165) is 16.5 Å². The number of hydrogen-bond acceptors (Lipinski definition) is 4. The second-order valence-corrected chi connectivity index (χ2v) is 7.88. The van der Waals surface area contributed by atoms with Crippen molar-refractivity contribution < 1.29 is 13.2 Å². The first-order valence-electron chi connectivity index (χ1n) is 6.31. The van der Waals surface area contributed by atoms with Crippen molar-refractivity contribution in [2.24, 2.45) is 0 Å². The second kappa shape index (κ2) is 6.83. The highest BCUT2D eigenvalue weighted by Crippen LogP contribution is 2.12. The highest BCUT2D eigenvalue weighted by molar-refractivity contribution is 9.10. The molecule has 1 atom stereocenters. The number of rotatable bonds is 6. The molecular formula is C13H18BrNO3S. The lowest BCUT2D eigenvalue weighted by atomic mass is 10.2. The molecule has 1 unspecified atom stereocenters. The Kier molecular flexibility index (Phi) is 5.38. The SMILES string of the molecule is O=S1(=O)CCC(NCCOCc2ccc(Br)cc2)C1. The van der Waals surface area contributed by atoms with Gasteiger partial charge in [-0.15, -0.1) is 0 Å². The van der Waals surface area contributed by atoms with Crippen LogP contribution in [0.5, 0.6) is 0 Å². The van der Waals surface area contributed by atoms with E-state index in [-0.39, 0.29) is 11.8 Å². The first-order valence-corrected chi connectivity index (χ1v) is 8.93. The number of sulfone groups is 1. The van der Waals surface area contributed by atoms with Crippen molar-refractivity contribution in [3.63, 3.8) is 0 Å². The minimum atomic E-state index is -2.79. The van der Waals surface area contributed by atoms with E-state index in [1.165, 1.54) is 0 Å². The van der Waals surface area contributed by atoms with E-state index >= 15 is 0 Å². The van der Waals surface area contributed by atoms with Crippen molar-refractivity contribution in [2.45, 2.75) is 19.1 Å². The van der Waals surface area contributed by atoms with Gasteiger partial charge in [-0.3, -0.25) is 0 Å². The molecule has 1 heterocycles. The minimum Gasteiger partial charge on any atom is -0.375 e. The van der Waals surface area contributed by atoms with Gasteiger partial charge in [-0.1, -0.05) is 28.1 Å². The van der Waals surface area contributed by atoms with Gasteiger partial charge < -0.3 is 10.1 Å². The van der Waals surface area contributed by atoms with Crippen LogP contribution in [0, 0.1) is 0 Å². The van der Waals surface area contributed by atoms with E-state index in [9.17, 15) is 8.42 Å². The van der Waals surface area contributed by atoms with Crippen molar-refractivity contribution >= 4 is 25.8 Å². The lowest BCUT2D eigenvalue weighted by Crippen LogP contribution is -2.32. The van der Waals surface area contributed by atoms with E-state index < -0.39 is 9.84 Å². The van der Waals surface area contributed by atoms with Crippen LogP contribution in [0.3, 0.4) is 0 Å². The number of benzene rings is 1. The minimum absolute atomic E-state index is 0.0984. The highest BCUT2D eigenvalue weighted by Gasteiger charge is 2.26. The summed E-state index contributed by atoms with van der Waals surface area (Å²) < 4.78 is 29.1. The lowest BCUT2D eigenvalue weighted by molar-refractivity contribution is 0.121. The summed E-state index contributed by atoms with van der Waals surface area (Å²) in [6, 6.07) is 8.10. The van der Waals surface area contributed by atoms with E-state index in [1.807, 2.05) is 24.3 Å². The van der Waals surface area contributed by atoms with E-state index in [2.05, 4.69) is 21.2 Å². The third-order valence-corrected chi connectivity index (χ3v) is 5.39. The molecule has 0 aromatic heterocycles. The Labute approximate surface area is 122 Å². The van der Waals surface area contributed by atoms with Gasteiger partial charge in [0.25, 0.3) is 0 Å². The van der Waals surface area contributed by atoms with Gasteiger partial charge in [0.15, 0.2) is 9.84 Å². The topological polar surface area (TPSA) is 55.4 Å². The monoisotopic (exact) mass is 347 g/mol. The summed E-state index contributed by atoms with van der Waals surface area (Å²) in [5.74, 6) is 0.574. The Morgan fingerprint density at radius 1 is 1.32 bits per heavy atom. The molecule has 1 N–H and O–H groups in total. The maximum atomic E-state index is 11.3. The molecule has 2 rings (SSSR count). The maximum Gasteiger partial charge on any atom is 0.151 e. The molecule has 0 bridgehead atoms. The molecule has 0 spiro atoms. The normalized spacial score (nSPS) is 21.6. The first kappa shape index (κ1) is 15.0. The van der Waals surface area contributed by atoms with Crippen molar-refractivity contribution in [2.75, 3.05) is 24.7 Å². The molecule has 1 fully saturated rings. The number of halogens is 1. The molecule has 1 aliphatic heterocycles. The summed E-state index contributed by atoms with van der Waals surface area (Å²) in [5.41, 5.74) is 1.13. The van der Waals surface area contributed by atoms with Crippen LogP contribution in [0.4, 0.5) is 0 Å². The van der Waals surface area contributed by atoms with Crippen LogP contribution in [0.15, 0.2) is 28.7 Å². The summed E-state index contributed by atoms with van der Waals surface area (Å²) in [7, 11) is -2.79. The van der Waals surface area contributed by atoms with Gasteiger partial charge in [0.05, 0.1) is 24.7 Å². The second-order valence-electron chi connectivity index (χ2n) is 4.73. The average Bonchev–Trinajstić information content (AvgIpc) is 2.71. The van der Waals surface area contributed by atoms with Crippen LogP contribution < -0.4 is 5.32 Å². The molecule has 0 radical (unpaired) electrons. The fourth-order valence-electron chi connectivity index (χ4n) is 2.06. The Morgan fingerprint density at radius 2 is 2.05 bits per heavy atom. The van der Waals surface area contributed by atoms with Crippen molar-refractivity contribution in [3.05, 3.63) is 34.3 Å². The van der Waals surface area contributed by atoms with Gasteiger partial charge in [0.1, 0.15) is 0 Å². The Bertz CT molecular complexity index is 501. The summed E-state index contributed by atoms with van der Waals surface area (Å²) >= 11 is 3.39. The van der Waals surface area contributed by atoms with Gasteiger partial charge in [0, 0.05) is 17.1 Å². The van der Waals surface area contributed by atoms with Crippen LogP contribution in [0.25, 0.3) is 0 Å². The van der Waals surface area contributed by atoms with Crippen LogP contribution in [0.2, 0.25) is 0 Å². The largest absolute Gasteiger partial charge is 0.375 e. The highest BCUT2D eigenvalue weighted by atomic mass is 79.9. The zero-order valence-corrected chi connectivity index (χ0v) is 13.0. The zero-order chi connectivity index (χ0) is 13.7. The van der Waals surface area contributed by atoms with Crippen LogP contribution in [-0.4, -0.2) is 39.1 Å². The molecule has 106 valence electrons. The summed E-state index contributed by atoms with van der Waals surface area (Å²) in [6.07, 6.45) is 0.717. The fourth-order valence-corrected chi connectivity index (χ4v) is 4.03. The van der Waals surface area contributed by atoms with Gasteiger partial charge in [-0.25, -0.2) is 8.42 Å². The third kappa shape index (κ3) is 5.22. The van der Waals surface area contributed by atoms with Crippen molar-refractivity contribution in [3.8, 4) is 0 Å². The molecular weight excluding hydrogens is 330 g/mol. The summed E-state index contributed by atoms with van der Waals surface area (Å²) in [6.45, 7) is 1.86. The number of ether oxygens (including phenoxy) is 1. The number of nitrogens with one attached hydrogen (secondary N) is 1. The Balaban J connectivity index is 1.59.